The Hall–Kier alpha value is -1.51. The van der Waals surface area contributed by atoms with Gasteiger partial charge in [0.2, 0.25) is 0 Å². The standard InChI is InChI=1S/C13H15NO2/c1-9-2-3-11(16-9)8-12-13(15)10-4-6-14(12)7-5-10/h2-3,8,10H,4-7H2,1H3/b12-8-. The van der Waals surface area contributed by atoms with Crippen LogP contribution in [0.25, 0.3) is 6.08 Å². The van der Waals surface area contributed by atoms with Gasteiger partial charge in [0.05, 0.1) is 5.70 Å². The number of Topliss-reactive ketones (excluding diaryl/α,β-unsaturated/α-hetero) is 1. The summed E-state index contributed by atoms with van der Waals surface area (Å²) in [6.07, 6.45) is 3.93. The average Bonchev–Trinajstić information content (AvgIpc) is 2.70. The fraction of sp³-hybridized carbons (Fsp3) is 0.462. The number of hydrogen-bond donors (Lipinski definition) is 0. The van der Waals surface area contributed by atoms with E-state index < -0.39 is 0 Å². The minimum absolute atomic E-state index is 0.257. The summed E-state index contributed by atoms with van der Waals surface area (Å²) in [5, 5.41) is 0. The van der Waals surface area contributed by atoms with Gasteiger partial charge in [-0.05, 0) is 31.9 Å². The first-order chi connectivity index (χ1) is 7.74. The van der Waals surface area contributed by atoms with Crippen LogP contribution >= 0.6 is 0 Å². The van der Waals surface area contributed by atoms with E-state index in [4.69, 9.17) is 4.42 Å². The van der Waals surface area contributed by atoms with Gasteiger partial charge in [-0.2, -0.15) is 0 Å². The van der Waals surface area contributed by atoms with Crippen molar-refractivity contribution >= 4 is 11.9 Å². The molecule has 0 saturated carbocycles. The molecule has 3 saturated heterocycles. The number of fused-ring (bicyclic) bond motifs is 3. The van der Waals surface area contributed by atoms with Gasteiger partial charge in [0.1, 0.15) is 11.5 Å². The topological polar surface area (TPSA) is 33.5 Å². The van der Waals surface area contributed by atoms with Crippen molar-refractivity contribution in [3.8, 4) is 0 Å². The zero-order valence-corrected chi connectivity index (χ0v) is 9.40. The maximum Gasteiger partial charge on any atom is 0.182 e. The van der Waals surface area contributed by atoms with Crippen LogP contribution < -0.4 is 0 Å². The van der Waals surface area contributed by atoms with Gasteiger partial charge >= 0.3 is 0 Å². The van der Waals surface area contributed by atoms with Crippen LogP contribution in [-0.4, -0.2) is 23.8 Å². The third kappa shape index (κ3) is 1.47. The molecule has 4 heterocycles. The number of nitrogens with zero attached hydrogens (tertiary/aromatic N) is 1. The smallest absolute Gasteiger partial charge is 0.182 e. The lowest BCUT2D eigenvalue weighted by Gasteiger charge is -2.40. The lowest BCUT2D eigenvalue weighted by Crippen LogP contribution is -2.45. The van der Waals surface area contributed by atoms with Crippen molar-refractivity contribution in [3.05, 3.63) is 29.4 Å². The summed E-state index contributed by atoms with van der Waals surface area (Å²) in [4.78, 5) is 14.2. The molecule has 0 unspecified atom stereocenters. The van der Waals surface area contributed by atoms with E-state index in [-0.39, 0.29) is 5.92 Å². The number of allylic oxidation sites excluding steroid dienone is 1. The van der Waals surface area contributed by atoms with Crippen molar-refractivity contribution in [2.75, 3.05) is 13.1 Å². The summed E-state index contributed by atoms with van der Waals surface area (Å²) in [5.74, 6) is 2.22. The van der Waals surface area contributed by atoms with E-state index in [2.05, 4.69) is 4.90 Å². The zero-order valence-electron chi connectivity index (χ0n) is 9.40. The highest BCUT2D eigenvalue weighted by Gasteiger charge is 2.36. The van der Waals surface area contributed by atoms with Crippen LogP contribution in [0.15, 0.2) is 22.2 Å². The molecule has 0 atom stereocenters. The van der Waals surface area contributed by atoms with E-state index in [9.17, 15) is 4.79 Å². The molecule has 4 rings (SSSR count). The number of piperidine rings is 3. The molecule has 1 aromatic heterocycles. The second kappa shape index (κ2) is 3.51. The summed E-state index contributed by atoms with van der Waals surface area (Å²) in [6.45, 7) is 3.95. The summed E-state index contributed by atoms with van der Waals surface area (Å²) < 4.78 is 5.49. The Kier molecular flexibility index (Phi) is 2.13. The summed E-state index contributed by atoms with van der Waals surface area (Å²) in [5.41, 5.74) is 0.844. The van der Waals surface area contributed by atoms with Gasteiger partial charge in [-0.15, -0.1) is 0 Å². The van der Waals surface area contributed by atoms with Gasteiger partial charge in [-0.3, -0.25) is 4.79 Å². The summed E-state index contributed by atoms with van der Waals surface area (Å²) >= 11 is 0. The number of rotatable bonds is 1. The van der Waals surface area contributed by atoms with Crippen LogP contribution in [0, 0.1) is 12.8 Å². The molecule has 2 bridgehead atoms. The van der Waals surface area contributed by atoms with Crippen LogP contribution in [0.4, 0.5) is 0 Å². The van der Waals surface area contributed by atoms with E-state index >= 15 is 0 Å². The highest BCUT2D eigenvalue weighted by atomic mass is 16.3. The Morgan fingerprint density at radius 1 is 1.38 bits per heavy atom. The Morgan fingerprint density at radius 3 is 2.69 bits per heavy atom. The molecule has 16 heavy (non-hydrogen) atoms. The molecule has 0 aliphatic carbocycles. The Bertz CT molecular complexity index is 450. The first-order valence-electron chi connectivity index (χ1n) is 5.81. The van der Waals surface area contributed by atoms with Crippen molar-refractivity contribution < 1.29 is 9.21 Å². The molecular weight excluding hydrogens is 202 g/mol. The van der Waals surface area contributed by atoms with Gasteiger partial charge in [-0.25, -0.2) is 0 Å². The van der Waals surface area contributed by atoms with Crippen LogP contribution in [0.5, 0.6) is 0 Å². The van der Waals surface area contributed by atoms with Gasteiger partial charge in [-0.1, -0.05) is 0 Å². The number of aryl methyl sites for hydroxylation is 1. The van der Waals surface area contributed by atoms with E-state index in [1.54, 1.807) is 0 Å². The molecule has 3 aliphatic heterocycles. The summed E-state index contributed by atoms with van der Waals surface area (Å²) in [7, 11) is 0. The number of carbonyl (C=O) groups excluding carboxylic acids is 1. The molecule has 1 aromatic rings. The molecule has 84 valence electrons. The highest BCUT2D eigenvalue weighted by Crippen LogP contribution is 2.32. The van der Waals surface area contributed by atoms with Crippen LogP contribution in [0.2, 0.25) is 0 Å². The van der Waals surface area contributed by atoms with Crippen molar-refractivity contribution in [1.82, 2.24) is 4.90 Å². The Morgan fingerprint density at radius 2 is 2.12 bits per heavy atom. The monoisotopic (exact) mass is 217 g/mol. The first-order valence-corrected chi connectivity index (χ1v) is 5.81. The predicted octanol–water partition coefficient (Wildman–Crippen LogP) is 2.22. The van der Waals surface area contributed by atoms with E-state index in [0.717, 1.165) is 43.1 Å². The molecule has 3 heteroatoms. The van der Waals surface area contributed by atoms with Crippen molar-refractivity contribution in [1.29, 1.82) is 0 Å². The van der Waals surface area contributed by atoms with Gasteiger partial charge < -0.3 is 9.32 Å². The minimum atomic E-state index is 0.257. The Labute approximate surface area is 94.7 Å². The van der Waals surface area contributed by atoms with Gasteiger partial charge in [0.25, 0.3) is 0 Å². The number of furan rings is 1. The van der Waals surface area contributed by atoms with Crippen LogP contribution in [0.3, 0.4) is 0 Å². The second-order valence-electron chi connectivity index (χ2n) is 4.60. The van der Waals surface area contributed by atoms with E-state index in [1.165, 1.54) is 0 Å². The van der Waals surface area contributed by atoms with Crippen molar-refractivity contribution in [2.45, 2.75) is 19.8 Å². The molecule has 3 fully saturated rings. The maximum atomic E-state index is 12.0. The van der Waals surface area contributed by atoms with Crippen LogP contribution in [-0.2, 0) is 4.79 Å². The second-order valence-corrected chi connectivity index (χ2v) is 4.60. The third-order valence-corrected chi connectivity index (χ3v) is 3.50. The molecule has 0 amide bonds. The molecule has 0 spiro atoms. The van der Waals surface area contributed by atoms with Gasteiger partial charge in [0.15, 0.2) is 5.78 Å². The molecule has 0 radical (unpaired) electrons. The van der Waals surface area contributed by atoms with E-state index in [1.807, 2.05) is 25.1 Å². The molecule has 0 aromatic carbocycles. The maximum absolute atomic E-state index is 12.0. The highest BCUT2D eigenvalue weighted by molar-refractivity contribution is 6.01. The third-order valence-electron chi connectivity index (χ3n) is 3.50. The number of carbonyl (C=O) groups is 1. The number of hydrogen-bond acceptors (Lipinski definition) is 3. The zero-order chi connectivity index (χ0) is 11.1. The molecule has 3 nitrogen and oxygen atoms in total. The Balaban J connectivity index is 1.94. The SMILES string of the molecule is Cc1ccc(/C=C2/C(=O)C3CCN2CC3)o1. The summed E-state index contributed by atoms with van der Waals surface area (Å²) in [6, 6.07) is 3.84. The fourth-order valence-electron chi connectivity index (χ4n) is 2.58. The molecule has 0 N–H and O–H groups in total. The average molecular weight is 217 g/mol. The molecule has 3 aliphatic rings. The quantitative estimate of drug-likeness (QED) is 0.676. The van der Waals surface area contributed by atoms with E-state index in [0.29, 0.717) is 5.78 Å². The van der Waals surface area contributed by atoms with Crippen LogP contribution in [0.1, 0.15) is 24.4 Å². The lowest BCUT2D eigenvalue weighted by molar-refractivity contribution is -0.125. The first kappa shape index (κ1) is 9.70. The molecular formula is C13H15NO2. The number of ketones is 1. The fourth-order valence-corrected chi connectivity index (χ4v) is 2.58. The largest absolute Gasteiger partial charge is 0.462 e. The minimum Gasteiger partial charge on any atom is -0.462 e. The van der Waals surface area contributed by atoms with Crippen molar-refractivity contribution in [3.63, 3.8) is 0 Å². The van der Waals surface area contributed by atoms with Crippen molar-refractivity contribution in [2.24, 2.45) is 5.92 Å². The normalized spacial score (nSPS) is 23.4. The van der Waals surface area contributed by atoms with Gasteiger partial charge in [0, 0.05) is 25.1 Å². The lowest BCUT2D eigenvalue weighted by atomic mass is 9.84. The predicted molar refractivity (Wildman–Crippen MR) is 60.7 cm³/mol.